The van der Waals surface area contributed by atoms with Gasteiger partial charge in [-0.3, -0.25) is 0 Å². The Morgan fingerprint density at radius 1 is 1.17 bits per heavy atom. The molecule has 2 aromatic rings. The minimum atomic E-state index is -3.70. The molecule has 0 aromatic heterocycles. The molecule has 6 heteroatoms. The number of hydrogen-bond donors (Lipinski definition) is 1. The highest BCUT2D eigenvalue weighted by Gasteiger charge is 2.35. The van der Waals surface area contributed by atoms with Crippen LogP contribution in [0.2, 0.25) is 0 Å². The van der Waals surface area contributed by atoms with Crippen LogP contribution in [0.15, 0.2) is 48.5 Å². The summed E-state index contributed by atoms with van der Waals surface area (Å²) in [5.41, 5.74) is 0.470. The molecule has 1 heterocycles. The number of ether oxygens (including phenoxy) is 1. The highest BCUT2D eigenvalue weighted by Crippen LogP contribution is 2.39. The van der Waals surface area contributed by atoms with E-state index in [-0.39, 0.29) is 11.3 Å². The summed E-state index contributed by atoms with van der Waals surface area (Å²) in [5, 5.41) is 0. The Bertz CT molecular complexity index is 849. The van der Waals surface area contributed by atoms with Crippen molar-refractivity contribution in [1.82, 2.24) is 4.72 Å². The van der Waals surface area contributed by atoms with Crippen molar-refractivity contribution < 1.29 is 17.5 Å². The summed E-state index contributed by atoms with van der Waals surface area (Å²) in [6.07, 6.45) is 0.501. The van der Waals surface area contributed by atoms with Crippen LogP contribution >= 0.6 is 0 Å². The van der Waals surface area contributed by atoms with E-state index in [9.17, 15) is 12.8 Å². The molecule has 0 spiro atoms. The van der Waals surface area contributed by atoms with Gasteiger partial charge in [-0.05, 0) is 26.0 Å². The largest absolute Gasteiger partial charge is 0.487 e. The molecule has 1 atom stereocenters. The van der Waals surface area contributed by atoms with Gasteiger partial charge in [0.05, 0.1) is 11.8 Å². The Morgan fingerprint density at radius 2 is 1.83 bits per heavy atom. The Kier molecular flexibility index (Phi) is 4.36. The molecule has 2 aromatic carbocycles. The van der Waals surface area contributed by atoms with Gasteiger partial charge in [0.15, 0.2) is 0 Å². The lowest BCUT2D eigenvalue weighted by Gasteiger charge is -2.37. The molecule has 0 radical (unpaired) electrons. The van der Waals surface area contributed by atoms with E-state index in [1.165, 1.54) is 18.2 Å². The van der Waals surface area contributed by atoms with Gasteiger partial charge in [-0.2, -0.15) is 0 Å². The van der Waals surface area contributed by atoms with E-state index in [0.29, 0.717) is 12.2 Å². The zero-order valence-corrected chi connectivity index (χ0v) is 14.4. The molecule has 4 nitrogen and oxygen atoms in total. The van der Waals surface area contributed by atoms with Crippen molar-refractivity contribution in [1.29, 1.82) is 0 Å². The molecule has 128 valence electrons. The first kappa shape index (κ1) is 16.9. The Labute approximate surface area is 141 Å². The van der Waals surface area contributed by atoms with Gasteiger partial charge in [0.25, 0.3) is 0 Å². The molecule has 0 bridgehead atoms. The number of fused-ring (bicyclic) bond motifs is 1. The van der Waals surface area contributed by atoms with Crippen molar-refractivity contribution in [3.63, 3.8) is 0 Å². The van der Waals surface area contributed by atoms with E-state index in [0.717, 1.165) is 5.56 Å². The SMILES string of the molecule is CC1(C)C[C@H](NS(=O)(=O)Cc2ccccc2F)c2ccccc2O1. The maximum absolute atomic E-state index is 13.7. The van der Waals surface area contributed by atoms with Gasteiger partial charge < -0.3 is 4.74 Å². The van der Waals surface area contributed by atoms with Gasteiger partial charge in [-0.15, -0.1) is 0 Å². The van der Waals surface area contributed by atoms with Gasteiger partial charge in [-0.25, -0.2) is 17.5 Å². The van der Waals surface area contributed by atoms with Crippen LogP contribution in [0.25, 0.3) is 0 Å². The highest BCUT2D eigenvalue weighted by atomic mass is 32.2. The third-order valence-electron chi connectivity index (χ3n) is 4.00. The molecule has 0 aliphatic carbocycles. The summed E-state index contributed by atoms with van der Waals surface area (Å²) in [7, 11) is -3.70. The lowest BCUT2D eigenvalue weighted by Crippen LogP contribution is -2.41. The van der Waals surface area contributed by atoms with Crippen molar-refractivity contribution in [2.45, 2.75) is 37.7 Å². The Morgan fingerprint density at radius 3 is 2.58 bits per heavy atom. The van der Waals surface area contributed by atoms with Gasteiger partial charge >= 0.3 is 0 Å². The van der Waals surface area contributed by atoms with Gasteiger partial charge in [0, 0.05) is 17.5 Å². The lowest BCUT2D eigenvalue weighted by atomic mass is 9.90. The predicted octanol–water partition coefficient (Wildman–Crippen LogP) is 3.55. The molecule has 0 amide bonds. The first-order chi connectivity index (χ1) is 11.3. The lowest BCUT2D eigenvalue weighted by molar-refractivity contribution is 0.0702. The second-order valence-electron chi connectivity index (χ2n) is 6.62. The molecule has 1 aliphatic rings. The number of sulfonamides is 1. The van der Waals surface area contributed by atoms with Crippen molar-refractivity contribution in [3.05, 3.63) is 65.5 Å². The topological polar surface area (TPSA) is 55.4 Å². The molecule has 0 unspecified atom stereocenters. The van der Waals surface area contributed by atoms with Crippen LogP contribution in [-0.4, -0.2) is 14.0 Å². The number of benzene rings is 2. The summed E-state index contributed by atoms with van der Waals surface area (Å²) < 4.78 is 47.4. The zero-order chi connectivity index (χ0) is 17.4. The van der Waals surface area contributed by atoms with Crippen LogP contribution < -0.4 is 9.46 Å². The second-order valence-corrected chi connectivity index (χ2v) is 8.38. The third kappa shape index (κ3) is 3.76. The molecule has 0 saturated heterocycles. The van der Waals surface area contributed by atoms with Crippen LogP contribution in [0.1, 0.15) is 37.4 Å². The highest BCUT2D eigenvalue weighted by molar-refractivity contribution is 7.88. The van der Waals surface area contributed by atoms with Crippen LogP contribution in [0.3, 0.4) is 0 Å². The summed E-state index contributed by atoms with van der Waals surface area (Å²) >= 11 is 0. The quantitative estimate of drug-likeness (QED) is 0.918. The normalized spacial score (nSPS) is 19.4. The Balaban J connectivity index is 1.86. The fraction of sp³-hybridized carbons (Fsp3) is 0.333. The molecule has 0 fully saturated rings. The fourth-order valence-corrected chi connectivity index (χ4v) is 4.36. The van der Waals surface area contributed by atoms with Gasteiger partial charge in [-0.1, -0.05) is 36.4 Å². The summed E-state index contributed by atoms with van der Waals surface area (Å²) in [6, 6.07) is 12.9. The number of para-hydroxylation sites is 1. The maximum atomic E-state index is 13.7. The molecule has 24 heavy (non-hydrogen) atoms. The number of rotatable bonds is 4. The van der Waals surface area contributed by atoms with Crippen LogP contribution in [0, 0.1) is 5.82 Å². The monoisotopic (exact) mass is 349 g/mol. The number of hydrogen-bond acceptors (Lipinski definition) is 3. The average Bonchev–Trinajstić information content (AvgIpc) is 2.48. The fourth-order valence-electron chi connectivity index (χ4n) is 2.99. The van der Waals surface area contributed by atoms with Crippen LogP contribution in [0.4, 0.5) is 4.39 Å². The van der Waals surface area contributed by atoms with E-state index >= 15 is 0 Å². The molecular weight excluding hydrogens is 329 g/mol. The van der Waals surface area contributed by atoms with Crippen LogP contribution in [-0.2, 0) is 15.8 Å². The Hall–Kier alpha value is -1.92. The third-order valence-corrected chi connectivity index (χ3v) is 5.34. The number of nitrogens with one attached hydrogen (secondary N) is 1. The summed E-state index contributed by atoms with van der Waals surface area (Å²) in [6.45, 7) is 3.84. The predicted molar refractivity (Wildman–Crippen MR) is 90.7 cm³/mol. The van der Waals surface area contributed by atoms with E-state index in [1.54, 1.807) is 6.07 Å². The maximum Gasteiger partial charge on any atom is 0.216 e. The van der Waals surface area contributed by atoms with Crippen molar-refractivity contribution >= 4 is 10.0 Å². The smallest absolute Gasteiger partial charge is 0.216 e. The van der Waals surface area contributed by atoms with Crippen molar-refractivity contribution in [2.24, 2.45) is 0 Å². The van der Waals surface area contributed by atoms with Gasteiger partial charge in [0.2, 0.25) is 10.0 Å². The average molecular weight is 349 g/mol. The van der Waals surface area contributed by atoms with Gasteiger partial charge in [0.1, 0.15) is 17.2 Å². The van der Waals surface area contributed by atoms with E-state index in [1.807, 2.05) is 38.1 Å². The van der Waals surface area contributed by atoms with Crippen molar-refractivity contribution in [3.8, 4) is 5.75 Å². The second kappa shape index (κ2) is 6.18. The summed E-state index contributed by atoms with van der Waals surface area (Å²) in [5.74, 6) is -0.234. The molecule has 1 N–H and O–H groups in total. The minimum absolute atomic E-state index is 0.157. The van der Waals surface area contributed by atoms with E-state index < -0.39 is 27.5 Å². The van der Waals surface area contributed by atoms with Crippen molar-refractivity contribution in [2.75, 3.05) is 0 Å². The standard InChI is InChI=1S/C18H20FNO3S/c1-18(2)11-16(14-8-4-6-10-17(14)23-18)20-24(21,22)12-13-7-3-5-9-15(13)19/h3-10,16,20H,11-12H2,1-2H3/t16-/m0/s1. The first-order valence-electron chi connectivity index (χ1n) is 7.77. The molecule has 0 saturated carbocycles. The zero-order valence-electron chi connectivity index (χ0n) is 13.6. The molecular formula is C18H20FNO3S. The van der Waals surface area contributed by atoms with E-state index in [4.69, 9.17) is 4.74 Å². The number of halogens is 1. The molecule has 1 aliphatic heterocycles. The van der Waals surface area contributed by atoms with E-state index in [2.05, 4.69) is 4.72 Å². The minimum Gasteiger partial charge on any atom is -0.487 e. The molecule has 3 rings (SSSR count). The first-order valence-corrected chi connectivity index (χ1v) is 9.42. The van der Waals surface area contributed by atoms with Crippen LogP contribution in [0.5, 0.6) is 5.75 Å². The summed E-state index contributed by atoms with van der Waals surface area (Å²) in [4.78, 5) is 0.